The molecule has 0 spiro atoms. The molecule has 17 heavy (non-hydrogen) atoms. The summed E-state index contributed by atoms with van der Waals surface area (Å²) in [5.74, 6) is -3.01. The van der Waals surface area contributed by atoms with Crippen molar-refractivity contribution in [2.24, 2.45) is 0 Å². The highest BCUT2D eigenvalue weighted by molar-refractivity contribution is 6.03. The molecule has 0 aliphatic carbocycles. The van der Waals surface area contributed by atoms with E-state index in [0.717, 1.165) is 0 Å². The number of methoxy groups -OCH3 is 2. The minimum absolute atomic E-state index is 0.230. The van der Waals surface area contributed by atoms with Crippen LogP contribution in [0.15, 0.2) is 0 Å². The Morgan fingerprint density at radius 1 is 0.765 bits per heavy atom. The minimum Gasteiger partial charge on any atom is -0.392 e. The predicted molar refractivity (Wildman–Crippen MR) is 54.1 cm³/mol. The second kappa shape index (κ2) is 8.54. The van der Waals surface area contributed by atoms with E-state index in [9.17, 15) is 19.2 Å². The highest BCUT2D eigenvalue weighted by Gasteiger charge is 2.17. The molecule has 0 amide bonds. The Morgan fingerprint density at radius 3 is 1.41 bits per heavy atom. The first-order valence-electron chi connectivity index (χ1n) is 4.74. The van der Waals surface area contributed by atoms with Crippen molar-refractivity contribution in [3.05, 3.63) is 0 Å². The molecule has 0 aliphatic rings. The van der Waals surface area contributed by atoms with E-state index in [1.165, 1.54) is 14.2 Å². The molecule has 7 heteroatoms. The summed E-state index contributed by atoms with van der Waals surface area (Å²) in [6.07, 6.45) is -1.11. The van der Waals surface area contributed by atoms with Crippen molar-refractivity contribution in [1.82, 2.24) is 0 Å². The quantitative estimate of drug-likeness (QED) is 0.411. The molecule has 0 aromatic heterocycles. The Kier molecular flexibility index (Phi) is 7.74. The zero-order valence-electron chi connectivity index (χ0n) is 9.69. The van der Waals surface area contributed by atoms with Crippen LogP contribution >= 0.6 is 0 Å². The van der Waals surface area contributed by atoms with Gasteiger partial charge in [-0.05, 0) is 0 Å². The zero-order chi connectivity index (χ0) is 13.3. The Morgan fingerprint density at radius 2 is 1.12 bits per heavy atom. The largest absolute Gasteiger partial charge is 0.392 e. The number of ether oxygens (including phenoxy) is 3. The van der Waals surface area contributed by atoms with E-state index in [0.29, 0.717) is 0 Å². The van der Waals surface area contributed by atoms with Crippen molar-refractivity contribution in [3.63, 3.8) is 0 Å². The number of ketones is 2. The maximum atomic E-state index is 11.0. The van der Waals surface area contributed by atoms with Gasteiger partial charge in [0.05, 0.1) is 0 Å². The lowest BCUT2D eigenvalue weighted by atomic mass is 10.3. The van der Waals surface area contributed by atoms with Crippen molar-refractivity contribution in [2.75, 3.05) is 27.4 Å². The van der Waals surface area contributed by atoms with Gasteiger partial charge in [-0.25, -0.2) is 0 Å². The number of carbonyl (C=O) groups excluding carboxylic acids is 4. The lowest BCUT2D eigenvalue weighted by Gasteiger charge is -2.02. The Balaban J connectivity index is 3.92. The van der Waals surface area contributed by atoms with Crippen LogP contribution in [0.2, 0.25) is 0 Å². The summed E-state index contributed by atoms with van der Waals surface area (Å²) >= 11 is 0. The number of carbonyl (C=O) groups is 4. The topological polar surface area (TPSA) is 96.0 Å². The molecule has 96 valence electrons. The van der Waals surface area contributed by atoms with E-state index in [4.69, 9.17) is 0 Å². The summed E-state index contributed by atoms with van der Waals surface area (Å²) in [5.41, 5.74) is 0. The number of hydrogen-bond donors (Lipinski definition) is 0. The highest BCUT2D eigenvalue weighted by Crippen LogP contribution is 1.95. The average molecular weight is 246 g/mol. The standard InChI is InChI=1S/C10H14O7/c1-15-5-7(11)3-9(13)17-10(14)4-8(12)6-16-2/h3-6H2,1-2H3. The van der Waals surface area contributed by atoms with E-state index in [-0.39, 0.29) is 13.2 Å². The van der Waals surface area contributed by atoms with Crippen molar-refractivity contribution in [3.8, 4) is 0 Å². The van der Waals surface area contributed by atoms with Crippen molar-refractivity contribution in [1.29, 1.82) is 0 Å². The van der Waals surface area contributed by atoms with Crippen LogP contribution in [0.4, 0.5) is 0 Å². The molecule has 0 aromatic rings. The van der Waals surface area contributed by atoms with E-state index in [1.54, 1.807) is 0 Å². The maximum absolute atomic E-state index is 11.0. The average Bonchev–Trinajstić information content (AvgIpc) is 2.16. The molecule has 0 fully saturated rings. The van der Waals surface area contributed by atoms with Gasteiger partial charge >= 0.3 is 11.9 Å². The van der Waals surface area contributed by atoms with Crippen molar-refractivity contribution < 1.29 is 33.4 Å². The van der Waals surface area contributed by atoms with Crippen molar-refractivity contribution >= 4 is 23.5 Å². The summed E-state index contributed by atoms with van der Waals surface area (Å²) in [6, 6.07) is 0. The van der Waals surface area contributed by atoms with Gasteiger partial charge in [-0.3, -0.25) is 19.2 Å². The van der Waals surface area contributed by atoms with Crippen LogP contribution in [0.3, 0.4) is 0 Å². The van der Waals surface area contributed by atoms with Gasteiger partial charge in [-0.1, -0.05) is 0 Å². The molecule has 0 N–H and O–H groups in total. The van der Waals surface area contributed by atoms with Crippen LogP contribution in [-0.2, 0) is 33.4 Å². The summed E-state index contributed by atoms with van der Waals surface area (Å²) in [7, 11) is 2.61. The molecular formula is C10H14O7. The Labute approximate surface area is 98.0 Å². The van der Waals surface area contributed by atoms with E-state index in [2.05, 4.69) is 14.2 Å². The van der Waals surface area contributed by atoms with Crippen LogP contribution in [0.25, 0.3) is 0 Å². The van der Waals surface area contributed by atoms with Crippen LogP contribution in [0.5, 0.6) is 0 Å². The van der Waals surface area contributed by atoms with Gasteiger partial charge in [-0.2, -0.15) is 0 Å². The van der Waals surface area contributed by atoms with Gasteiger partial charge in [0.2, 0.25) is 0 Å². The van der Waals surface area contributed by atoms with E-state index >= 15 is 0 Å². The third kappa shape index (κ3) is 8.23. The molecule has 0 rings (SSSR count). The van der Waals surface area contributed by atoms with E-state index in [1.807, 2.05) is 0 Å². The minimum atomic E-state index is -0.998. The summed E-state index contributed by atoms with van der Waals surface area (Å²) in [5, 5.41) is 0. The van der Waals surface area contributed by atoms with Crippen LogP contribution in [0, 0.1) is 0 Å². The summed E-state index contributed by atoms with van der Waals surface area (Å²) in [6.45, 7) is -0.461. The smallest absolute Gasteiger partial charge is 0.321 e. The first-order valence-corrected chi connectivity index (χ1v) is 4.74. The maximum Gasteiger partial charge on any atom is 0.321 e. The number of hydrogen-bond acceptors (Lipinski definition) is 7. The highest BCUT2D eigenvalue weighted by atomic mass is 16.6. The SMILES string of the molecule is COCC(=O)CC(=O)OC(=O)CC(=O)COC. The Hall–Kier alpha value is -1.60. The van der Waals surface area contributed by atoms with Crippen LogP contribution in [0.1, 0.15) is 12.8 Å². The predicted octanol–water partition coefficient (Wildman–Crippen LogP) is -0.733. The first-order chi connectivity index (χ1) is 7.99. The molecule has 0 heterocycles. The third-order valence-corrected chi connectivity index (χ3v) is 1.52. The summed E-state index contributed by atoms with van der Waals surface area (Å²) < 4.78 is 13.2. The monoisotopic (exact) mass is 246 g/mol. The molecular weight excluding hydrogens is 232 g/mol. The molecule has 0 saturated heterocycles. The molecule has 0 aromatic carbocycles. The number of Topliss-reactive ketones (excluding diaryl/α,β-unsaturated/α-hetero) is 2. The Bertz CT molecular complexity index is 278. The number of rotatable bonds is 8. The third-order valence-electron chi connectivity index (χ3n) is 1.52. The molecule has 0 aliphatic heterocycles. The zero-order valence-corrected chi connectivity index (χ0v) is 9.69. The second-order valence-electron chi connectivity index (χ2n) is 3.14. The second-order valence-corrected chi connectivity index (χ2v) is 3.14. The molecule has 0 saturated carbocycles. The normalized spacial score (nSPS) is 9.76. The van der Waals surface area contributed by atoms with Gasteiger partial charge in [0.15, 0.2) is 11.6 Å². The molecule has 0 radical (unpaired) electrons. The molecule has 7 nitrogen and oxygen atoms in total. The van der Waals surface area contributed by atoms with Gasteiger partial charge in [0, 0.05) is 14.2 Å². The van der Waals surface area contributed by atoms with Gasteiger partial charge < -0.3 is 14.2 Å². The number of esters is 2. The van der Waals surface area contributed by atoms with Gasteiger partial charge in [-0.15, -0.1) is 0 Å². The molecule has 0 bridgehead atoms. The lowest BCUT2D eigenvalue weighted by Crippen LogP contribution is -2.21. The lowest BCUT2D eigenvalue weighted by molar-refractivity contribution is -0.160. The fraction of sp³-hybridized carbons (Fsp3) is 0.600. The summed E-state index contributed by atoms with van der Waals surface area (Å²) in [4.78, 5) is 43.9. The van der Waals surface area contributed by atoms with Gasteiger partial charge in [0.25, 0.3) is 0 Å². The van der Waals surface area contributed by atoms with Crippen LogP contribution in [-0.4, -0.2) is 50.9 Å². The molecule has 0 atom stereocenters. The van der Waals surface area contributed by atoms with E-state index < -0.39 is 36.3 Å². The fourth-order valence-corrected chi connectivity index (χ4v) is 0.945. The first kappa shape index (κ1) is 15.4. The fourth-order valence-electron chi connectivity index (χ4n) is 0.945. The molecule has 0 unspecified atom stereocenters. The van der Waals surface area contributed by atoms with Crippen molar-refractivity contribution in [2.45, 2.75) is 12.8 Å². The van der Waals surface area contributed by atoms with Gasteiger partial charge in [0.1, 0.15) is 26.1 Å². The van der Waals surface area contributed by atoms with Crippen LogP contribution < -0.4 is 0 Å².